The van der Waals surface area contributed by atoms with E-state index < -0.39 is 35.1 Å². The maximum absolute atomic E-state index is 13.0. The molecule has 1 unspecified atom stereocenters. The van der Waals surface area contributed by atoms with Gasteiger partial charge in [0.25, 0.3) is 11.8 Å². The van der Waals surface area contributed by atoms with Crippen LogP contribution in [0.1, 0.15) is 21.6 Å². The predicted molar refractivity (Wildman–Crippen MR) is 110 cm³/mol. The highest BCUT2D eigenvalue weighted by Crippen LogP contribution is 2.32. The van der Waals surface area contributed by atoms with Gasteiger partial charge in [-0.25, -0.2) is 9.78 Å². The molecule has 1 aliphatic heterocycles. The Balaban J connectivity index is 1.60. The van der Waals surface area contributed by atoms with Gasteiger partial charge in [0, 0.05) is 10.9 Å². The lowest BCUT2D eigenvalue weighted by molar-refractivity contribution is -0.137. The summed E-state index contributed by atoms with van der Waals surface area (Å²) >= 11 is 1.23. The second-order valence-corrected chi connectivity index (χ2v) is 7.71. The Bertz CT molecular complexity index is 1180. The van der Waals surface area contributed by atoms with Gasteiger partial charge in [-0.2, -0.15) is 13.2 Å². The van der Waals surface area contributed by atoms with Crippen molar-refractivity contribution in [2.45, 2.75) is 11.7 Å². The van der Waals surface area contributed by atoms with Crippen LogP contribution in [0.15, 0.2) is 59.4 Å². The molecule has 0 saturated carbocycles. The van der Waals surface area contributed by atoms with Crippen LogP contribution in [0.2, 0.25) is 0 Å². The summed E-state index contributed by atoms with van der Waals surface area (Å²) in [5.41, 5.74) is 0.460. The van der Waals surface area contributed by atoms with E-state index in [-0.39, 0.29) is 17.8 Å². The first kappa shape index (κ1) is 21.5. The van der Waals surface area contributed by atoms with Gasteiger partial charge in [-0.15, -0.1) is 11.3 Å². The zero-order valence-corrected chi connectivity index (χ0v) is 17.0. The molecule has 3 aromatic rings. The van der Waals surface area contributed by atoms with Crippen LogP contribution in [0.4, 0.5) is 18.0 Å². The van der Waals surface area contributed by atoms with Gasteiger partial charge in [0.1, 0.15) is 0 Å². The van der Waals surface area contributed by atoms with E-state index in [0.29, 0.717) is 11.1 Å². The quantitative estimate of drug-likeness (QED) is 0.509. The SMILES string of the molecule is O=C1NC(=O)C(CNC(=O)c2ccccc2-c2ccc(C(F)(F)F)cc2)(c2cscn2)N1. The van der Waals surface area contributed by atoms with Gasteiger partial charge in [0.05, 0.1) is 23.3 Å². The van der Waals surface area contributed by atoms with Crippen LogP contribution in [0, 0.1) is 0 Å². The summed E-state index contributed by atoms with van der Waals surface area (Å²) in [6, 6.07) is 10.2. The fraction of sp³-hybridized carbons (Fsp3) is 0.143. The molecule has 4 rings (SSSR count). The summed E-state index contributed by atoms with van der Waals surface area (Å²) < 4.78 is 38.6. The summed E-state index contributed by atoms with van der Waals surface area (Å²) in [7, 11) is 0. The molecule has 1 aromatic heterocycles. The van der Waals surface area contributed by atoms with Gasteiger partial charge in [-0.1, -0.05) is 30.3 Å². The number of alkyl halides is 3. The molecule has 1 atom stereocenters. The van der Waals surface area contributed by atoms with Crippen molar-refractivity contribution in [2.75, 3.05) is 6.54 Å². The summed E-state index contributed by atoms with van der Waals surface area (Å²) in [6.45, 7) is -0.269. The number of halogens is 3. The van der Waals surface area contributed by atoms with E-state index in [1.165, 1.54) is 35.0 Å². The average molecular weight is 460 g/mol. The molecule has 7 nitrogen and oxygen atoms in total. The van der Waals surface area contributed by atoms with E-state index in [0.717, 1.165) is 12.1 Å². The highest BCUT2D eigenvalue weighted by Gasteiger charge is 2.49. The highest BCUT2D eigenvalue weighted by atomic mass is 32.1. The Labute approximate surface area is 183 Å². The summed E-state index contributed by atoms with van der Waals surface area (Å²) in [4.78, 5) is 41.3. The number of nitrogens with zero attached hydrogens (tertiary/aromatic N) is 1. The number of nitrogens with one attached hydrogen (secondary N) is 3. The zero-order chi connectivity index (χ0) is 22.9. The van der Waals surface area contributed by atoms with Crippen LogP contribution in [0.3, 0.4) is 0 Å². The number of carbonyl (C=O) groups is 3. The van der Waals surface area contributed by atoms with Crippen LogP contribution >= 0.6 is 11.3 Å². The van der Waals surface area contributed by atoms with Crippen LogP contribution < -0.4 is 16.0 Å². The summed E-state index contributed by atoms with van der Waals surface area (Å²) in [5, 5.41) is 8.89. The van der Waals surface area contributed by atoms with E-state index in [4.69, 9.17) is 0 Å². The number of hydrogen-bond acceptors (Lipinski definition) is 5. The summed E-state index contributed by atoms with van der Waals surface area (Å²) in [6.07, 6.45) is -4.47. The third-order valence-electron chi connectivity index (χ3n) is 5.02. The Morgan fingerprint density at radius 3 is 2.41 bits per heavy atom. The topological polar surface area (TPSA) is 100 Å². The molecule has 2 heterocycles. The number of rotatable bonds is 5. The molecule has 0 aliphatic carbocycles. The molecule has 32 heavy (non-hydrogen) atoms. The number of imide groups is 1. The van der Waals surface area contributed by atoms with Crippen molar-refractivity contribution in [3.05, 3.63) is 76.2 Å². The zero-order valence-electron chi connectivity index (χ0n) is 16.2. The Morgan fingerprint density at radius 1 is 1.09 bits per heavy atom. The number of carbonyl (C=O) groups excluding carboxylic acids is 3. The molecule has 1 fully saturated rings. The normalized spacial score (nSPS) is 18.2. The Morgan fingerprint density at radius 2 is 1.81 bits per heavy atom. The highest BCUT2D eigenvalue weighted by molar-refractivity contribution is 7.07. The molecular weight excluding hydrogens is 445 g/mol. The Kier molecular flexibility index (Phi) is 5.43. The average Bonchev–Trinajstić information content (AvgIpc) is 3.40. The molecule has 3 N–H and O–H groups in total. The van der Waals surface area contributed by atoms with Crippen LogP contribution in [0.5, 0.6) is 0 Å². The number of amides is 4. The van der Waals surface area contributed by atoms with Gasteiger partial charge in [0.15, 0.2) is 5.54 Å². The third-order valence-corrected chi connectivity index (χ3v) is 5.61. The number of benzene rings is 2. The van der Waals surface area contributed by atoms with E-state index in [2.05, 4.69) is 20.9 Å². The molecule has 0 radical (unpaired) electrons. The van der Waals surface area contributed by atoms with Crippen molar-refractivity contribution in [2.24, 2.45) is 0 Å². The number of aromatic nitrogens is 1. The summed E-state index contributed by atoms with van der Waals surface area (Å²) in [5.74, 6) is -1.21. The fourth-order valence-electron chi connectivity index (χ4n) is 3.39. The maximum Gasteiger partial charge on any atom is 0.416 e. The van der Waals surface area contributed by atoms with Crippen molar-refractivity contribution < 1.29 is 27.6 Å². The van der Waals surface area contributed by atoms with Crippen LogP contribution in [-0.2, 0) is 16.5 Å². The van der Waals surface area contributed by atoms with Crippen LogP contribution in [0.25, 0.3) is 11.1 Å². The number of hydrogen-bond donors (Lipinski definition) is 3. The van der Waals surface area contributed by atoms with Gasteiger partial charge in [0.2, 0.25) is 0 Å². The lowest BCUT2D eigenvalue weighted by atomic mass is 9.95. The van der Waals surface area contributed by atoms with E-state index in [1.807, 2.05) is 0 Å². The number of thiazole rings is 1. The van der Waals surface area contributed by atoms with Crippen LogP contribution in [-0.4, -0.2) is 29.4 Å². The monoisotopic (exact) mass is 460 g/mol. The fourth-order valence-corrected chi connectivity index (χ4v) is 4.02. The molecule has 1 saturated heterocycles. The minimum absolute atomic E-state index is 0.199. The van der Waals surface area contributed by atoms with E-state index >= 15 is 0 Å². The van der Waals surface area contributed by atoms with Crippen molar-refractivity contribution in [1.82, 2.24) is 20.9 Å². The van der Waals surface area contributed by atoms with E-state index in [1.54, 1.807) is 23.6 Å². The maximum atomic E-state index is 13.0. The minimum atomic E-state index is -4.47. The standard InChI is InChI=1S/C21H15F3N4O3S/c22-21(23,24)13-7-5-12(6-8-13)14-3-1-2-4-15(14)17(29)25-10-20(16-9-32-11-26-16)18(30)27-19(31)28-20/h1-9,11H,10H2,(H,25,29)(H2,27,28,30,31). The minimum Gasteiger partial charge on any atom is -0.349 e. The van der Waals surface area contributed by atoms with Crippen molar-refractivity contribution in [1.29, 1.82) is 0 Å². The molecule has 4 amide bonds. The smallest absolute Gasteiger partial charge is 0.349 e. The lowest BCUT2D eigenvalue weighted by Crippen LogP contribution is -2.52. The molecule has 0 spiro atoms. The van der Waals surface area contributed by atoms with Crippen molar-refractivity contribution in [3.63, 3.8) is 0 Å². The first-order chi connectivity index (χ1) is 15.2. The van der Waals surface area contributed by atoms with Gasteiger partial charge >= 0.3 is 12.2 Å². The first-order valence-corrected chi connectivity index (χ1v) is 10.2. The van der Waals surface area contributed by atoms with Crippen molar-refractivity contribution >= 4 is 29.2 Å². The van der Waals surface area contributed by atoms with Gasteiger partial charge in [-0.3, -0.25) is 14.9 Å². The van der Waals surface area contributed by atoms with Gasteiger partial charge < -0.3 is 10.6 Å². The molecule has 2 aromatic carbocycles. The second kappa shape index (κ2) is 8.08. The predicted octanol–water partition coefficient (Wildman–Crippen LogP) is 3.29. The second-order valence-electron chi connectivity index (χ2n) is 6.99. The molecule has 1 aliphatic rings. The lowest BCUT2D eigenvalue weighted by Gasteiger charge is -2.24. The number of urea groups is 1. The molecule has 164 valence electrons. The molecule has 11 heteroatoms. The first-order valence-electron chi connectivity index (χ1n) is 9.28. The van der Waals surface area contributed by atoms with Crippen molar-refractivity contribution in [3.8, 4) is 11.1 Å². The Hall–Kier alpha value is -3.73. The van der Waals surface area contributed by atoms with Gasteiger partial charge in [-0.05, 0) is 29.3 Å². The third kappa shape index (κ3) is 3.94. The largest absolute Gasteiger partial charge is 0.416 e. The van der Waals surface area contributed by atoms with E-state index in [9.17, 15) is 27.6 Å². The molecular formula is C21H15F3N4O3S. The molecule has 0 bridgehead atoms.